The van der Waals surface area contributed by atoms with E-state index < -0.39 is 11.7 Å². The van der Waals surface area contributed by atoms with E-state index in [4.69, 9.17) is 11.6 Å². The van der Waals surface area contributed by atoms with Gasteiger partial charge in [0.05, 0.1) is 12.2 Å². The molecule has 1 heterocycles. The molecule has 29 heavy (non-hydrogen) atoms. The molecule has 0 spiro atoms. The number of nitrogens with zero attached hydrogens (tertiary/aromatic N) is 1. The van der Waals surface area contributed by atoms with Crippen molar-refractivity contribution in [2.45, 2.75) is 26.7 Å². The first-order valence-corrected chi connectivity index (χ1v) is 10.1. The molecule has 3 rings (SSSR count). The molecular formula is C22H25ClFN3O2. The molecule has 0 aliphatic carbocycles. The molecule has 0 radical (unpaired) electrons. The summed E-state index contributed by atoms with van der Waals surface area (Å²) in [6.07, 6.45) is 2.20. The van der Waals surface area contributed by atoms with E-state index in [0.29, 0.717) is 16.5 Å². The third-order valence-electron chi connectivity index (χ3n) is 5.06. The molecule has 2 aromatic carbocycles. The van der Waals surface area contributed by atoms with Gasteiger partial charge in [-0.1, -0.05) is 18.5 Å². The van der Waals surface area contributed by atoms with Crippen molar-refractivity contribution in [3.05, 3.63) is 58.4 Å². The summed E-state index contributed by atoms with van der Waals surface area (Å²) in [6.45, 7) is 5.59. The molecule has 2 N–H and O–H groups in total. The quantitative estimate of drug-likeness (QED) is 0.740. The van der Waals surface area contributed by atoms with Crippen LogP contribution in [0, 0.1) is 18.7 Å². The molecule has 1 aliphatic heterocycles. The molecule has 0 saturated carbocycles. The van der Waals surface area contributed by atoms with E-state index in [2.05, 4.69) is 17.6 Å². The van der Waals surface area contributed by atoms with Gasteiger partial charge in [0.15, 0.2) is 0 Å². The Morgan fingerprint density at radius 2 is 2.00 bits per heavy atom. The Morgan fingerprint density at radius 1 is 1.21 bits per heavy atom. The van der Waals surface area contributed by atoms with Gasteiger partial charge in [0.25, 0.3) is 5.91 Å². The number of likely N-dealkylation sites (tertiary alicyclic amines) is 1. The van der Waals surface area contributed by atoms with Crippen LogP contribution in [-0.4, -0.2) is 36.3 Å². The second-order valence-electron chi connectivity index (χ2n) is 7.55. The lowest BCUT2D eigenvalue weighted by Crippen LogP contribution is -2.39. The van der Waals surface area contributed by atoms with Crippen LogP contribution in [0.15, 0.2) is 36.4 Å². The van der Waals surface area contributed by atoms with Crippen molar-refractivity contribution in [2.24, 2.45) is 5.92 Å². The zero-order valence-electron chi connectivity index (χ0n) is 16.6. The van der Waals surface area contributed by atoms with Crippen LogP contribution >= 0.6 is 11.6 Å². The summed E-state index contributed by atoms with van der Waals surface area (Å²) in [4.78, 5) is 26.8. The van der Waals surface area contributed by atoms with E-state index in [9.17, 15) is 14.0 Å². The minimum atomic E-state index is -0.547. The highest BCUT2D eigenvalue weighted by Crippen LogP contribution is 2.22. The Kier molecular flexibility index (Phi) is 6.75. The first-order valence-electron chi connectivity index (χ1n) is 9.72. The third-order valence-corrected chi connectivity index (χ3v) is 5.29. The molecule has 1 saturated heterocycles. The first kappa shape index (κ1) is 21.1. The van der Waals surface area contributed by atoms with Gasteiger partial charge in [0.1, 0.15) is 5.82 Å². The van der Waals surface area contributed by atoms with Crippen LogP contribution in [0.25, 0.3) is 0 Å². The maximum Gasteiger partial charge on any atom is 0.253 e. The molecule has 1 aliphatic rings. The van der Waals surface area contributed by atoms with E-state index >= 15 is 0 Å². The summed E-state index contributed by atoms with van der Waals surface area (Å²) in [5, 5.41) is 5.86. The van der Waals surface area contributed by atoms with Gasteiger partial charge in [-0.3, -0.25) is 9.59 Å². The van der Waals surface area contributed by atoms with Crippen molar-refractivity contribution >= 4 is 34.8 Å². The molecule has 2 amide bonds. The fraction of sp³-hybridized carbons (Fsp3) is 0.364. The zero-order chi connectivity index (χ0) is 21.0. The van der Waals surface area contributed by atoms with E-state index in [1.165, 1.54) is 18.2 Å². The molecule has 1 fully saturated rings. The van der Waals surface area contributed by atoms with E-state index in [1.807, 2.05) is 17.9 Å². The smallest absolute Gasteiger partial charge is 0.253 e. The maximum atomic E-state index is 13.7. The Labute approximate surface area is 175 Å². The fourth-order valence-electron chi connectivity index (χ4n) is 3.51. The molecule has 0 bridgehead atoms. The number of hydrogen-bond donors (Lipinski definition) is 2. The van der Waals surface area contributed by atoms with Crippen LogP contribution in [-0.2, 0) is 4.79 Å². The molecule has 2 aromatic rings. The molecule has 5 nitrogen and oxygen atoms in total. The molecule has 1 unspecified atom stereocenters. The Hall–Kier alpha value is -2.60. The normalized spacial score (nSPS) is 16.4. The Bertz CT molecular complexity index is 919. The fourth-order valence-corrected chi connectivity index (χ4v) is 3.69. The Balaban J connectivity index is 1.59. The standard InChI is InChI=1S/C22H25ClFN3O2/c1-14-4-3-9-27(13-14)22(29)16-5-8-19(15(2)10-16)25-12-21(28)26-20-11-17(23)6-7-18(20)24/h5-8,10-11,14,25H,3-4,9,12-13H2,1-2H3,(H,26,28). The predicted octanol–water partition coefficient (Wildman–Crippen LogP) is 4.71. The van der Waals surface area contributed by atoms with Gasteiger partial charge in [0, 0.05) is 29.4 Å². The highest BCUT2D eigenvalue weighted by molar-refractivity contribution is 6.30. The molecule has 0 aromatic heterocycles. The SMILES string of the molecule is Cc1cc(C(=O)N2CCCC(C)C2)ccc1NCC(=O)Nc1cc(Cl)ccc1F. The summed E-state index contributed by atoms with van der Waals surface area (Å²) in [7, 11) is 0. The maximum absolute atomic E-state index is 13.7. The Morgan fingerprint density at radius 3 is 2.72 bits per heavy atom. The summed E-state index contributed by atoms with van der Waals surface area (Å²) >= 11 is 5.83. The summed E-state index contributed by atoms with van der Waals surface area (Å²) in [5.41, 5.74) is 2.29. The van der Waals surface area contributed by atoms with Gasteiger partial charge in [-0.2, -0.15) is 0 Å². The average Bonchev–Trinajstić information content (AvgIpc) is 2.69. The highest BCUT2D eigenvalue weighted by Gasteiger charge is 2.22. The van der Waals surface area contributed by atoms with Crippen LogP contribution < -0.4 is 10.6 Å². The summed E-state index contributed by atoms with van der Waals surface area (Å²) in [6, 6.07) is 9.38. The largest absolute Gasteiger partial charge is 0.376 e. The van der Waals surface area contributed by atoms with Crippen molar-refractivity contribution in [1.29, 1.82) is 0 Å². The van der Waals surface area contributed by atoms with Gasteiger partial charge in [-0.05, 0) is 67.6 Å². The monoisotopic (exact) mass is 417 g/mol. The number of piperidine rings is 1. The van der Waals surface area contributed by atoms with Gasteiger partial charge in [0.2, 0.25) is 5.91 Å². The number of halogens is 2. The third kappa shape index (κ3) is 5.48. The molecule has 1 atom stereocenters. The lowest BCUT2D eigenvalue weighted by atomic mass is 9.99. The van der Waals surface area contributed by atoms with Crippen molar-refractivity contribution in [2.75, 3.05) is 30.3 Å². The topological polar surface area (TPSA) is 61.4 Å². The zero-order valence-corrected chi connectivity index (χ0v) is 17.4. The van der Waals surface area contributed by atoms with Gasteiger partial charge >= 0.3 is 0 Å². The lowest BCUT2D eigenvalue weighted by molar-refractivity contribution is -0.114. The van der Waals surface area contributed by atoms with E-state index in [1.54, 1.807) is 12.1 Å². The summed E-state index contributed by atoms with van der Waals surface area (Å²) < 4.78 is 13.7. The predicted molar refractivity (Wildman–Crippen MR) is 114 cm³/mol. The van der Waals surface area contributed by atoms with Gasteiger partial charge in [-0.15, -0.1) is 0 Å². The second-order valence-corrected chi connectivity index (χ2v) is 7.99. The first-order chi connectivity index (χ1) is 13.8. The van der Waals surface area contributed by atoms with Crippen LogP contribution in [0.2, 0.25) is 5.02 Å². The van der Waals surface area contributed by atoms with Crippen LogP contribution in [0.1, 0.15) is 35.7 Å². The van der Waals surface area contributed by atoms with Crippen molar-refractivity contribution in [1.82, 2.24) is 4.90 Å². The number of rotatable bonds is 5. The van der Waals surface area contributed by atoms with Crippen LogP contribution in [0.3, 0.4) is 0 Å². The number of nitrogens with one attached hydrogen (secondary N) is 2. The van der Waals surface area contributed by atoms with Gasteiger partial charge in [-0.25, -0.2) is 4.39 Å². The number of hydrogen-bond acceptors (Lipinski definition) is 3. The molecule has 7 heteroatoms. The van der Waals surface area contributed by atoms with Crippen LogP contribution in [0.5, 0.6) is 0 Å². The minimum Gasteiger partial charge on any atom is -0.376 e. The van der Waals surface area contributed by atoms with Crippen molar-refractivity contribution in [3.8, 4) is 0 Å². The average molecular weight is 418 g/mol. The number of anilines is 2. The molecule has 154 valence electrons. The minimum absolute atomic E-state index is 0.0380. The number of benzene rings is 2. The number of carbonyl (C=O) groups is 2. The molecular weight excluding hydrogens is 393 g/mol. The number of carbonyl (C=O) groups excluding carboxylic acids is 2. The summed E-state index contributed by atoms with van der Waals surface area (Å²) in [5.74, 6) is -0.375. The van der Waals surface area contributed by atoms with Crippen molar-refractivity contribution in [3.63, 3.8) is 0 Å². The van der Waals surface area contributed by atoms with Crippen LogP contribution in [0.4, 0.5) is 15.8 Å². The second kappa shape index (κ2) is 9.27. The number of aryl methyl sites for hydroxylation is 1. The highest BCUT2D eigenvalue weighted by atomic mass is 35.5. The van der Waals surface area contributed by atoms with Gasteiger partial charge < -0.3 is 15.5 Å². The van der Waals surface area contributed by atoms with E-state index in [0.717, 1.165) is 37.2 Å². The van der Waals surface area contributed by atoms with E-state index in [-0.39, 0.29) is 18.1 Å². The lowest BCUT2D eigenvalue weighted by Gasteiger charge is -2.31. The number of amides is 2. The van der Waals surface area contributed by atoms with Crippen molar-refractivity contribution < 1.29 is 14.0 Å².